The molecule has 2 aromatic rings. The van der Waals surface area contributed by atoms with Crippen molar-refractivity contribution in [3.05, 3.63) is 69.3 Å². The Kier molecular flexibility index (Phi) is 6.01. The van der Waals surface area contributed by atoms with Crippen LogP contribution in [-0.4, -0.2) is 34.1 Å². The Morgan fingerprint density at radius 1 is 1.03 bits per heavy atom. The largest absolute Gasteiger partial charge is 0.326 e. The van der Waals surface area contributed by atoms with Crippen LogP contribution in [0.5, 0.6) is 0 Å². The molecule has 0 aromatic heterocycles. The summed E-state index contributed by atoms with van der Waals surface area (Å²) < 4.78 is 0. The number of nitro groups is 1. The van der Waals surface area contributed by atoms with E-state index in [1.165, 1.54) is 18.2 Å². The van der Waals surface area contributed by atoms with E-state index in [2.05, 4.69) is 5.32 Å². The molecule has 8 heteroatoms. The molecule has 0 saturated carbocycles. The molecule has 2 aromatic carbocycles. The highest BCUT2D eigenvalue weighted by molar-refractivity contribution is 6.23. The minimum Gasteiger partial charge on any atom is -0.326 e. The number of fused-ring (bicyclic) bond motifs is 1. The van der Waals surface area contributed by atoms with E-state index < -0.39 is 16.7 Å². The smallest absolute Gasteiger partial charge is 0.282 e. The lowest BCUT2D eigenvalue weighted by atomic mass is 10.1. The molecule has 0 bridgehead atoms. The van der Waals surface area contributed by atoms with Crippen LogP contribution in [0, 0.1) is 17.0 Å². The van der Waals surface area contributed by atoms with Crippen LogP contribution in [0.2, 0.25) is 0 Å². The van der Waals surface area contributed by atoms with E-state index in [9.17, 15) is 24.5 Å². The summed E-state index contributed by atoms with van der Waals surface area (Å²) in [6.45, 7) is 2.14. The molecule has 0 fully saturated rings. The van der Waals surface area contributed by atoms with E-state index in [1.807, 2.05) is 31.2 Å². The van der Waals surface area contributed by atoms with Gasteiger partial charge in [-0.3, -0.25) is 29.4 Å². The van der Waals surface area contributed by atoms with Gasteiger partial charge in [0.2, 0.25) is 5.91 Å². The number of aryl methyl sites for hydroxylation is 1. The van der Waals surface area contributed by atoms with E-state index in [-0.39, 0.29) is 29.3 Å². The first-order valence-electron chi connectivity index (χ1n) is 9.38. The van der Waals surface area contributed by atoms with E-state index in [0.29, 0.717) is 25.7 Å². The van der Waals surface area contributed by atoms with E-state index >= 15 is 0 Å². The van der Waals surface area contributed by atoms with Gasteiger partial charge in [-0.1, -0.05) is 30.2 Å². The monoisotopic (exact) mass is 395 g/mol. The summed E-state index contributed by atoms with van der Waals surface area (Å²) in [5.41, 5.74) is 1.44. The molecule has 1 aliphatic heterocycles. The summed E-state index contributed by atoms with van der Waals surface area (Å²) >= 11 is 0. The Bertz CT molecular complexity index is 969. The number of carbonyl (C=O) groups is 3. The van der Waals surface area contributed by atoms with Crippen LogP contribution in [0.4, 0.5) is 11.4 Å². The minimum absolute atomic E-state index is 0.0710. The van der Waals surface area contributed by atoms with Gasteiger partial charge in [-0.2, -0.15) is 0 Å². The number of carbonyl (C=O) groups excluding carboxylic acids is 3. The fourth-order valence-corrected chi connectivity index (χ4v) is 3.26. The summed E-state index contributed by atoms with van der Waals surface area (Å²) in [5, 5.41) is 13.9. The highest BCUT2D eigenvalue weighted by Gasteiger charge is 2.40. The van der Waals surface area contributed by atoms with Crippen molar-refractivity contribution in [3.63, 3.8) is 0 Å². The van der Waals surface area contributed by atoms with Crippen molar-refractivity contribution in [3.8, 4) is 0 Å². The van der Waals surface area contributed by atoms with Gasteiger partial charge in [-0.15, -0.1) is 0 Å². The van der Waals surface area contributed by atoms with Crippen LogP contribution >= 0.6 is 0 Å². The van der Waals surface area contributed by atoms with Crippen LogP contribution in [0.1, 0.15) is 52.0 Å². The molecule has 0 unspecified atom stereocenters. The second-order valence-corrected chi connectivity index (χ2v) is 6.94. The number of unbranched alkanes of at least 4 members (excludes halogenated alkanes) is 2. The van der Waals surface area contributed by atoms with Gasteiger partial charge < -0.3 is 5.32 Å². The average Bonchev–Trinajstić information content (AvgIpc) is 2.94. The third-order valence-electron chi connectivity index (χ3n) is 4.79. The maximum atomic E-state index is 12.5. The quantitative estimate of drug-likeness (QED) is 0.317. The van der Waals surface area contributed by atoms with Crippen molar-refractivity contribution in [2.75, 3.05) is 11.9 Å². The van der Waals surface area contributed by atoms with Gasteiger partial charge in [0.05, 0.1) is 10.5 Å². The lowest BCUT2D eigenvalue weighted by Crippen LogP contribution is -2.30. The summed E-state index contributed by atoms with van der Waals surface area (Å²) in [6.07, 6.45) is 2.12. The van der Waals surface area contributed by atoms with Crippen molar-refractivity contribution in [2.24, 2.45) is 0 Å². The number of amides is 3. The topological polar surface area (TPSA) is 110 Å². The van der Waals surface area contributed by atoms with Crippen molar-refractivity contribution < 1.29 is 19.3 Å². The normalized spacial score (nSPS) is 12.8. The maximum Gasteiger partial charge on any atom is 0.282 e. The molecule has 1 heterocycles. The van der Waals surface area contributed by atoms with Gasteiger partial charge >= 0.3 is 0 Å². The average molecular weight is 395 g/mol. The van der Waals surface area contributed by atoms with Crippen LogP contribution < -0.4 is 5.32 Å². The fraction of sp³-hybridized carbons (Fsp3) is 0.286. The highest BCUT2D eigenvalue weighted by atomic mass is 16.6. The first kappa shape index (κ1) is 20.2. The number of hydrogen-bond acceptors (Lipinski definition) is 5. The Morgan fingerprint density at radius 3 is 2.45 bits per heavy atom. The number of nitro benzene ring substituents is 1. The van der Waals surface area contributed by atoms with Gasteiger partial charge in [0.15, 0.2) is 0 Å². The molecular weight excluding hydrogens is 374 g/mol. The van der Waals surface area contributed by atoms with E-state index in [1.54, 1.807) is 0 Å². The summed E-state index contributed by atoms with van der Waals surface area (Å²) in [7, 11) is 0. The number of rotatable bonds is 8. The molecule has 1 aliphatic rings. The number of nitrogens with one attached hydrogen (secondary N) is 1. The Labute approximate surface area is 167 Å². The van der Waals surface area contributed by atoms with Gasteiger partial charge in [-0.25, -0.2) is 0 Å². The molecule has 0 atom stereocenters. The van der Waals surface area contributed by atoms with Gasteiger partial charge in [0, 0.05) is 24.7 Å². The lowest BCUT2D eigenvalue weighted by molar-refractivity contribution is -0.385. The second kappa shape index (κ2) is 8.64. The third-order valence-corrected chi connectivity index (χ3v) is 4.79. The Balaban J connectivity index is 1.46. The summed E-state index contributed by atoms with van der Waals surface area (Å²) in [4.78, 5) is 48.4. The molecule has 0 spiro atoms. The second-order valence-electron chi connectivity index (χ2n) is 6.94. The number of imide groups is 1. The van der Waals surface area contributed by atoms with Crippen LogP contribution in [0.25, 0.3) is 0 Å². The van der Waals surface area contributed by atoms with E-state index in [4.69, 9.17) is 0 Å². The van der Waals surface area contributed by atoms with Gasteiger partial charge in [0.1, 0.15) is 5.56 Å². The zero-order valence-electron chi connectivity index (χ0n) is 16.0. The van der Waals surface area contributed by atoms with Crippen LogP contribution in [-0.2, 0) is 4.79 Å². The van der Waals surface area contributed by atoms with Crippen molar-refractivity contribution in [2.45, 2.75) is 32.6 Å². The molecule has 8 nitrogen and oxygen atoms in total. The molecule has 150 valence electrons. The standard InChI is InChI=1S/C21H21N3O5/c1-14-9-11-15(12-10-14)22-18(25)8-3-2-4-13-23-20(26)16-6-5-7-17(24(28)29)19(16)21(23)27/h5-7,9-12H,2-4,8,13H2,1H3,(H,22,25). The Hall–Kier alpha value is -3.55. The number of nitrogens with zero attached hydrogens (tertiary/aromatic N) is 2. The third kappa shape index (κ3) is 4.48. The van der Waals surface area contributed by atoms with Crippen molar-refractivity contribution in [1.29, 1.82) is 0 Å². The molecule has 0 radical (unpaired) electrons. The molecule has 3 amide bonds. The first-order chi connectivity index (χ1) is 13.9. The number of hydrogen-bond donors (Lipinski definition) is 1. The van der Waals surface area contributed by atoms with Crippen LogP contribution in [0.3, 0.4) is 0 Å². The minimum atomic E-state index is -0.653. The van der Waals surface area contributed by atoms with E-state index in [0.717, 1.165) is 16.2 Å². The van der Waals surface area contributed by atoms with Crippen molar-refractivity contribution in [1.82, 2.24) is 4.90 Å². The zero-order valence-corrected chi connectivity index (χ0v) is 16.0. The molecule has 3 rings (SSSR count). The van der Waals surface area contributed by atoms with Crippen LogP contribution in [0.15, 0.2) is 42.5 Å². The molecule has 1 N–H and O–H groups in total. The summed E-state index contributed by atoms with van der Waals surface area (Å²) in [6, 6.07) is 11.6. The maximum absolute atomic E-state index is 12.5. The fourth-order valence-electron chi connectivity index (χ4n) is 3.26. The molecular formula is C21H21N3O5. The van der Waals surface area contributed by atoms with Gasteiger partial charge in [0.25, 0.3) is 17.5 Å². The molecule has 0 aliphatic carbocycles. The number of benzene rings is 2. The lowest BCUT2D eigenvalue weighted by Gasteiger charge is -2.13. The molecule has 29 heavy (non-hydrogen) atoms. The van der Waals surface area contributed by atoms with Crippen molar-refractivity contribution >= 4 is 29.1 Å². The first-order valence-corrected chi connectivity index (χ1v) is 9.38. The van der Waals surface area contributed by atoms with Gasteiger partial charge in [-0.05, 0) is 38.0 Å². The molecule has 0 saturated heterocycles. The predicted molar refractivity (Wildman–Crippen MR) is 107 cm³/mol. The number of anilines is 1. The Morgan fingerprint density at radius 2 is 1.76 bits per heavy atom. The zero-order chi connectivity index (χ0) is 21.0. The predicted octanol–water partition coefficient (Wildman–Crippen LogP) is 3.70. The summed E-state index contributed by atoms with van der Waals surface area (Å²) in [5.74, 6) is -1.23. The SMILES string of the molecule is Cc1ccc(NC(=O)CCCCCN2C(=O)c3cccc([N+](=O)[O-])c3C2=O)cc1. The highest BCUT2D eigenvalue weighted by Crippen LogP contribution is 2.30.